The normalized spacial score (nSPS) is 15.0. The van der Waals surface area contributed by atoms with Crippen molar-refractivity contribution in [3.8, 4) is 0 Å². The van der Waals surface area contributed by atoms with Crippen LogP contribution in [0.1, 0.15) is 16.8 Å². The molecule has 0 unspecified atom stereocenters. The van der Waals surface area contributed by atoms with Crippen molar-refractivity contribution in [1.82, 2.24) is 19.6 Å². The molecule has 0 spiro atoms. The summed E-state index contributed by atoms with van der Waals surface area (Å²) >= 11 is 0. The Balaban J connectivity index is 1.40. The number of benzene rings is 2. The minimum atomic E-state index is -0.211. The molecule has 1 aliphatic rings. The third-order valence-electron chi connectivity index (χ3n) is 5.55. The Morgan fingerprint density at radius 1 is 0.966 bits per heavy atom. The molecule has 2 aromatic carbocycles. The van der Waals surface area contributed by atoms with E-state index in [1.807, 2.05) is 30.0 Å². The summed E-state index contributed by atoms with van der Waals surface area (Å²) in [5.41, 5.74) is 3.11. The van der Waals surface area contributed by atoms with E-state index < -0.39 is 0 Å². The van der Waals surface area contributed by atoms with Crippen LogP contribution in [0.3, 0.4) is 0 Å². The molecular formula is C23H26N4O2. The molecule has 2 heterocycles. The number of piperazine rings is 1. The molecule has 1 aliphatic heterocycles. The van der Waals surface area contributed by atoms with Crippen molar-refractivity contribution in [3.05, 3.63) is 75.7 Å². The summed E-state index contributed by atoms with van der Waals surface area (Å²) in [5, 5.41) is 5.81. The highest BCUT2D eigenvalue weighted by Crippen LogP contribution is 2.13. The van der Waals surface area contributed by atoms with E-state index in [0.717, 1.165) is 30.7 Å². The van der Waals surface area contributed by atoms with Gasteiger partial charge in [0, 0.05) is 38.1 Å². The molecule has 0 N–H and O–H groups in total. The van der Waals surface area contributed by atoms with E-state index in [4.69, 9.17) is 0 Å². The predicted molar refractivity (Wildman–Crippen MR) is 114 cm³/mol. The zero-order valence-corrected chi connectivity index (χ0v) is 17.0. The van der Waals surface area contributed by atoms with E-state index in [2.05, 4.69) is 41.2 Å². The second-order valence-corrected chi connectivity index (χ2v) is 7.74. The van der Waals surface area contributed by atoms with Crippen molar-refractivity contribution in [3.63, 3.8) is 0 Å². The molecule has 6 nitrogen and oxygen atoms in total. The first-order valence-corrected chi connectivity index (χ1v) is 10.0. The lowest BCUT2D eigenvalue weighted by atomic mass is 10.1. The summed E-state index contributed by atoms with van der Waals surface area (Å²) in [7, 11) is 0. The maximum absolute atomic E-state index is 12.8. The van der Waals surface area contributed by atoms with E-state index >= 15 is 0 Å². The molecule has 1 aromatic heterocycles. The average molecular weight is 390 g/mol. The largest absolute Gasteiger partial charge is 0.339 e. The lowest BCUT2D eigenvalue weighted by Crippen LogP contribution is -2.49. The zero-order chi connectivity index (χ0) is 20.4. The van der Waals surface area contributed by atoms with E-state index in [-0.39, 0.29) is 18.0 Å². The lowest BCUT2D eigenvalue weighted by molar-refractivity contribution is -0.133. The molecular weight excluding hydrogens is 364 g/mol. The highest BCUT2D eigenvalue weighted by atomic mass is 16.2. The van der Waals surface area contributed by atoms with Crippen LogP contribution in [0.25, 0.3) is 10.8 Å². The van der Waals surface area contributed by atoms with Crippen LogP contribution in [0.15, 0.2) is 53.3 Å². The topological polar surface area (TPSA) is 58.4 Å². The molecule has 1 fully saturated rings. The van der Waals surface area contributed by atoms with Gasteiger partial charge in [0.15, 0.2) is 0 Å². The number of hydrogen-bond acceptors (Lipinski definition) is 4. The molecule has 3 aromatic rings. The highest BCUT2D eigenvalue weighted by Gasteiger charge is 2.22. The number of rotatable bonds is 4. The molecule has 0 aliphatic carbocycles. The fraction of sp³-hybridized carbons (Fsp3) is 0.348. The summed E-state index contributed by atoms with van der Waals surface area (Å²) < 4.78 is 1.30. The third kappa shape index (κ3) is 4.22. The molecule has 0 saturated carbocycles. The summed E-state index contributed by atoms with van der Waals surface area (Å²) in [6.45, 7) is 7.86. The Morgan fingerprint density at radius 3 is 2.41 bits per heavy atom. The Kier molecular flexibility index (Phi) is 5.45. The first kappa shape index (κ1) is 19.3. The molecule has 6 heteroatoms. The predicted octanol–water partition coefficient (Wildman–Crippen LogP) is 2.36. The van der Waals surface area contributed by atoms with Crippen LogP contribution in [-0.2, 0) is 17.9 Å². The molecule has 1 amide bonds. The van der Waals surface area contributed by atoms with E-state index in [0.29, 0.717) is 18.5 Å². The number of carbonyl (C=O) groups excluding carboxylic acids is 1. The molecule has 150 valence electrons. The maximum atomic E-state index is 12.8. The van der Waals surface area contributed by atoms with Crippen molar-refractivity contribution < 1.29 is 4.79 Å². The van der Waals surface area contributed by atoms with E-state index in [1.165, 1.54) is 15.8 Å². The number of amides is 1. The zero-order valence-electron chi connectivity index (χ0n) is 17.0. The maximum Gasteiger partial charge on any atom is 0.275 e. The first-order chi connectivity index (χ1) is 14.0. The van der Waals surface area contributed by atoms with E-state index in [9.17, 15) is 9.59 Å². The van der Waals surface area contributed by atoms with Crippen molar-refractivity contribution in [2.24, 2.45) is 0 Å². The van der Waals surface area contributed by atoms with Crippen molar-refractivity contribution >= 4 is 16.7 Å². The number of aromatic nitrogens is 2. The average Bonchev–Trinajstić information content (AvgIpc) is 2.72. The van der Waals surface area contributed by atoms with Crippen LogP contribution >= 0.6 is 0 Å². The van der Waals surface area contributed by atoms with Crippen LogP contribution in [0.5, 0.6) is 0 Å². The highest BCUT2D eigenvalue weighted by molar-refractivity contribution is 5.83. The Bertz CT molecular complexity index is 1100. The molecule has 4 rings (SSSR count). The van der Waals surface area contributed by atoms with Gasteiger partial charge in [0.1, 0.15) is 6.54 Å². The minimum Gasteiger partial charge on any atom is -0.339 e. The third-order valence-corrected chi connectivity index (χ3v) is 5.55. The summed E-state index contributed by atoms with van der Waals surface area (Å²) in [6, 6.07) is 15.9. The van der Waals surface area contributed by atoms with Gasteiger partial charge in [-0.1, -0.05) is 48.0 Å². The van der Waals surface area contributed by atoms with Gasteiger partial charge in [-0.2, -0.15) is 5.10 Å². The first-order valence-electron chi connectivity index (χ1n) is 10.0. The summed E-state index contributed by atoms with van der Waals surface area (Å²) in [6.07, 6.45) is 0. The van der Waals surface area contributed by atoms with Gasteiger partial charge in [-0.15, -0.1) is 0 Å². The van der Waals surface area contributed by atoms with Gasteiger partial charge < -0.3 is 4.90 Å². The van der Waals surface area contributed by atoms with Crippen LogP contribution in [-0.4, -0.2) is 51.7 Å². The minimum absolute atomic E-state index is 0.0115. The van der Waals surface area contributed by atoms with Crippen LogP contribution in [0, 0.1) is 13.8 Å². The second-order valence-electron chi connectivity index (χ2n) is 7.74. The van der Waals surface area contributed by atoms with Crippen LogP contribution < -0.4 is 5.56 Å². The lowest BCUT2D eigenvalue weighted by Gasteiger charge is -2.34. The smallest absolute Gasteiger partial charge is 0.275 e. The molecule has 0 atom stereocenters. The van der Waals surface area contributed by atoms with Crippen molar-refractivity contribution in [2.75, 3.05) is 26.2 Å². The summed E-state index contributed by atoms with van der Waals surface area (Å²) in [5.74, 6) is -0.0514. The molecule has 1 saturated heterocycles. The Labute approximate surface area is 170 Å². The number of nitrogens with zero attached hydrogens (tertiary/aromatic N) is 4. The summed E-state index contributed by atoms with van der Waals surface area (Å²) in [4.78, 5) is 29.7. The van der Waals surface area contributed by atoms with Gasteiger partial charge in [0.2, 0.25) is 5.91 Å². The molecule has 0 radical (unpaired) electrons. The molecule has 29 heavy (non-hydrogen) atoms. The standard InChI is InChI=1S/C23H26N4O2/c1-17-6-5-7-19(14-17)15-25-10-12-26(13-11-25)22(28)16-27-23(29)21-9-4-3-8-20(21)18(2)24-27/h3-9,14H,10-13,15-16H2,1-2H3. The van der Waals surface area contributed by atoms with Crippen LogP contribution in [0.4, 0.5) is 0 Å². The quantitative estimate of drug-likeness (QED) is 0.686. The number of aryl methyl sites for hydroxylation is 2. The Morgan fingerprint density at radius 2 is 1.69 bits per heavy atom. The molecule has 0 bridgehead atoms. The van der Waals surface area contributed by atoms with Gasteiger partial charge in [0.25, 0.3) is 5.56 Å². The van der Waals surface area contributed by atoms with Crippen LogP contribution in [0.2, 0.25) is 0 Å². The number of hydrogen-bond donors (Lipinski definition) is 0. The fourth-order valence-corrected chi connectivity index (χ4v) is 3.96. The second kappa shape index (κ2) is 8.17. The fourth-order valence-electron chi connectivity index (χ4n) is 3.96. The van der Waals surface area contributed by atoms with Gasteiger partial charge in [-0.3, -0.25) is 14.5 Å². The van der Waals surface area contributed by atoms with Gasteiger partial charge >= 0.3 is 0 Å². The van der Waals surface area contributed by atoms with Gasteiger partial charge in [-0.25, -0.2) is 4.68 Å². The monoisotopic (exact) mass is 390 g/mol. The van der Waals surface area contributed by atoms with Gasteiger partial charge in [-0.05, 0) is 25.5 Å². The van der Waals surface area contributed by atoms with E-state index in [1.54, 1.807) is 6.07 Å². The van der Waals surface area contributed by atoms with Crippen molar-refractivity contribution in [2.45, 2.75) is 26.9 Å². The number of fused-ring (bicyclic) bond motifs is 1. The van der Waals surface area contributed by atoms with Gasteiger partial charge in [0.05, 0.1) is 11.1 Å². The van der Waals surface area contributed by atoms with Crippen molar-refractivity contribution in [1.29, 1.82) is 0 Å². The Hall–Kier alpha value is -2.99. The number of carbonyl (C=O) groups is 1. The SMILES string of the molecule is Cc1cccc(CN2CCN(C(=O)Cn3nc(C)c4ccccc4c3=O)CC2)c1.